The maximum Gasteiger partial charge on any atom is 0.417 e. The van der Waals surface area contributed by atoms with Crippen molar-refractivity contribution in [1.29, 1.82) is 0 Å². The predicted octanol–water partition coefficient (Wildman–Crippen LogP) is 3.05. The molecule has 118 valence electrons. The topological polar surface area (TPSA) is 64.3 Å². The van der Waals surface area contributed by atoms with Crippen molar-refractivity contribution < 1.29 is 22.7 Å². The Kier molecular flexibility index (Phi) is 6.44. The highest BCUT2D eigenvalue weighted by Crippen LogP contribution is 2.36. The van der Waals surface area contributed by atoms with Crippen LogP contribution in [0.5, 0.6) is 0 Å². The minimum atomic E-state index is -4.58. The van der Waals surface area contributed by atoms with E-state index in [4.69, 9.17) is 22.1 Å². The molecule has 8 heteroatoms. The van der Waals surface area contributed by atoms with Crippen molar-refractivity contribution in [2.24, 2.45) is 5.73 Å². The number of anilines is 1. The molecule has 0 bridgehead atoms. The summed E-state index contributed by atoms with van der Waals surface area (Å²) in [6.45, 7) is 0.458. The molecule has 21 heavy (non-hydrogen) atoms. The summed E-state index contributed by atoms with van der Waals surface area (Å²) in [5.74, 6) is -0.554. The number of rotatable bonds is 6. The first-order valence-corrected chi connectivity index (χ1v) is 6.55. The van der Waals surface area contributed by atoms with Crippen molar-refractivity contribution in [2.45, 2.75) is 25.1 Å². The molecular weight excluding hydrogens is 309 g/mol. The number of alkyl halides is 3. The van der Waals surface area contributed by atoms with Gasteiger partial charge in [-0.15, -0.1) is 0 Å². The molecule has 1 atom stereocenters. The fourth-order valence-electron chi connectivity index (χ4n) is 1.63. The third-order valence-electron chi connectivity index (χ3n) is 2.74. The van der Waals surface area contributed by atoms with Crippen LogP contribution in [0.2, 0.25) is 5.02 Å². The van der Waals surface area contributed by atoms with Crippen LogP contribution in [-0.2, 0) is 15.7 Å². The zero-order valence-electron chi connectivity index (χ0n) is 11.3. The molecular formula is C13H16ClF3N2O2. The number of hydrogen-bond donors (Lipinski definition) is 2. The Morgan fingerprint density at radius 1 is 1.48 bits per heavy atom. The van der Waals surface area contributed by atoms with Crippen LogP contribution in [0.4, 0.5) is 18.9 Å². The van der Waals surface area contributed by atoms with Crippen LogP contribution in [0.3, 0.4) is 0 Å². The van der Waals surface area contributed by atoms with Gasteiger partial charge in [0.25, 0.3) is 0 Å². The van der Waals surface area contributed by atoms with E-state index in [0.29, 0.717) is 19.4 Å². The molecule has 4 nitrogen and oxygen atoms in total. The van der Waals surface area contributed by atoms with Crippen LogP contribution < -0.4 is 11.1 Å². The van der Waals surface area contributed by atoms with Crippen molar-refractivity contribution >= 4 is 23.2 Å². The van der Waals surface area contributed by atoms with Gasteiger partial charge in [0.15, 0.2) is 0 Å². The lowest BCUT2D eigenvalue weighted by Gasteiger charge is -2.14. The van der Waals surface area contributed by atoms with Gasteiger partial charge in [-0.25, -0.2) is 0 Å². The van der Waals surface area contributed by atoms with Crippen LogP contribution >= 0.6 is 11.6 Å². The smallest absolute Gasteiger partial charge is 0.385 e. The molecule has 0 saturated carbocycles. The number of carbonyl (C=O) groups is 1. The third kappa shape index (κ3) is 5.53. The lowest BCUT2D eigenvalue weighted by atomic mass is 10.1. The standard InChI is InChI=1S/C13H16ClF3N2O2/c1-21-6-2-3-11(18)12(20)19-8-4-5-10(14)9(7-8)13(15,16)17/h4-5,7,11H,2-3,6,18H2,1H3,(H,19,20). The molecule has 0 aliphatic heterocycles. The summed E-state index contributed by atoms with van der Waals surface area (Å²) >= 11 is 5.49. The number of ether oxygens (including phenoxy) is 1. The van der Waals surface area contributed by atoms with E-state index >= 15 is 0 Å². The summed E-state index contributed by atoms with van der Waals surface area (Å²) in [6.07, 6.45) is -3.63. The number of methoxy groups -OCH3 is 1. The summed E-state index contributed by atoms with van der Waals surface area (Å²) in [6, 6.07) is 2.33. The SMILES string of the molecule is COCCCC(N)C(=O)Nc1ccc(Cl)c(C(F)(F)F)c1. The van der Waals surface area contributed by atoms with Crippen LogP contribution in [0.1, 0.15) is 18.4 Å². The Balaban J connectivity index is 2.73. The average Bonchev–Trinajstić information content (AvgIpc) is 2.39. The second-order valence-corrected chi connectivity index (χ2v) is 4.83. The molecule has 0 radical (unpaired) electrons. The molecule has 0 saturated heterocycles. The van der Waals surface area contributed by atoms with Gasteiger partial charge in [0.1, 0.15) is 0 Å². The number of carbonyl (C=O) groups excluding carboxylic acids is 1. The number of halogens is 4. The zero-order valence-corrected chi connectivity index (χ0v) is 12.1. The third-order valence-corrected chi connectivity index (χ3v) is 3.07. The fraction of sp³-hybridized carbons (Fsp3) is 0.462. The quantitative estimate of drug-likeness (QED) is 0.790. The van der Waals surface area contributed by atoms with E-state index in [1.807, 2.05) is 0 Å². The molecule has 0 aliphatic carbocycles. The maximum atomic E-state index is 12.7. The van der Waals surface area contributed by atoms with Gasteiger partial charge < -0.3 is 15.8 Å². The summed E-state index contributed by atoms with van der Waals surface area (Å²) < 4.78 is 42.9. The van der Waals surface area contributed by atoms with Crippen molar-refractivity contribution in [2.75, 3.05) is 19.0 Å². The fourth-order valence-corrected chi connectivity index (χ4v) is 1.86. The lowest BCUT2D eigenvalue weighted by molar-refractivity contribution is -0.137. The van der Waals surface area contributed by atoms with E-state index in [-0.39, 0.29) is 5.69 Å². The summed E-state index contributed by atoms with van der Waals surface area (Å²) in [4.78, 5) is 11.8. The molecule has 0 aliphatic rings. The highest BCUT2D eigenvalue weighted by molar-refractivity contribution is 6.31. The van der Waals surface area contributed by atoms with Gasteiger partial charge in [-0.05, 0) is 31.0 Å². The van der Waals surface area contributed by atoms with Crippen molar-refractivity contribution in [3.8, 4) is 0 Å². The molecule has 1 unspecified atom stereocenters. The Morgan fingerprint density at radius 3 is 2.71 bits per heavy atom. The van der Waals surface area contributed by atoms with Crippen LogP contribution in [0.25, 0.3) is 0 Å². The Morgan fingerprint density at radius 2 is 2.14 bits per heavy atom. The molecule has 1 aromatic carbocycles. The Labute approximate surface area is 125 Å². The van der Waals surface area contributed by atoms with Gasteiger partial charge in [0.2, 0.25) is 5.91 Å². The van der Waals surface area contributed by atoms with E-state index in [2.05, 4.69) is 5.32 Å². The van der Waals surface area contributed by atoms with Gasteiger partial charge in [0, 0.05) is 19.4 Å². The second kappa shape index (κ2) is 7.63. The second-order valence-electron chi connectivity index (χ2n) is 4.42. The highest BCUT2D eigenvalue weighted by Gasteiger charge is 2.33. The van der Waals surface area contributed by atoms with Gasteiger partial charge in [0.05, 0.1) is 16.6 Å². The molecule has 0 spiro atoms. The summed E-state index contributed by atoms with van der Waals surface area (Å²) in [5.41, 5.74) is 4.64. The van der Waals surface area contributed by atoms with E-state index in [9.17, 15) is 18.0 Å². The van der Waals surface area contributed by atoms with Crippen molar-refractivity contribution in [3.63, 3.8) is 0 Å². The molecule has 0 fully saturated rings. The highest BCUT2D eigenvalue weighted by atomic mass is 35.5. The monoisotopic (exact) mass is 324 g/mol. The van der Waals surface area contributed by atoms with E-state index < -0.39 is 28.7 Å². The molecule has 0 aromatic heterocycles. The van der Waals surface area contributed by atoms with Gasteiger partial charge in [-0.1, -0.05) is 11.6 Å². The first-order valence-electron chi connectivity index (χ1n) is 6.18. The number of nitrogens with two attached hydrogens (primary N) is 1. The molecule has 1 rings (SSSR count). The Bertz CT molecular complexity index is 495. The molecule has 0 heterocycles. The van der Waals surface area contributed by atoms with Gasteiger partial charge in [-0.2, -0.15) is 13.2 Å². The minimum absolute atomic E-state index is 0.00100. The predicted molar refractivity (Wildman–Crippen MR) is 74.2 cm³/mol. The number of benzene rings is 1. The maximum absolute atomic E-state index is 12.7. The van der Waals surface area contributed by atoms with E-state index in [1.54, 1.807) is 0 Å². The average molecular weight is 325 g/mol. The molecule has 1 amide bonds. The van der Waals surface area contributed by atoms with Crippen LogP contribution in [-0.4, -0.2) is 25.7 Å². The van der Waals surface area contributed by atoms with Gasteiger partial charge in [-0.3, -0.25) is 4.79 Å². The van der Waals surface area contributed by atoms with Gasteiger partial charge >= 0.3 is 6.18 Å². The Hall–Kier alpha value is -1.31. The minimum Gasteiger partial charge on any atom is -0.385 e. The first-order chi connectivity index (χ1) is 9.75. The molecule has 1 aromatic rings. The normalized spacial score (nSPS) is 13.0. The molecule has 3 N–H and O–H groups in total. The van der Waals surface area contributed by atoms with E-state index in [0.717, 1.165) is 12.1 Å². The summed E-state index contributed by atoms with van der Waals surface area (Å²) in [5, 5.41) is 1.92. The van der Waals surface area contributed by atoms with Crippen molar-refractivity contribution in [3.05, 3.63) is 28.8 Å². The number of nitrogens with one attached hydrogen (secondary N) is 1. The number of amides is 1. The van der Waals surface area contributed by atoms with Crippen LogP contribution in [0, 0.1) is 0 Å². The summed E-state index contributed by atoms with van der Waals surface area (Å²) in [7, 11) is 1.53. The number of hydrogen-bond acceptors (Lipinski definition) is 3. The zero-order chi connectivity index (χ0) is 16.0. The van der Waals surface area contributed by atoms with Crippen molar-refractivity contribution in [1.82, 2.24) is 0 Å². The van der Waals surface area contributed by atoms with E-state index in [1.165, 1.54) is 13.2 Å². The first kappa shape index (κ1) is 17.7. The lowest BCUT2D eigenvalue weighted by Crippen LogP contribution is -2.35. The van der Waals surface area contributed by atoms with Crippen LogP contribution in [0.15, 0.2) is 18.2 Å². The largest absolute Gasteiger partial charge is 0.417 e.